The van der Waals surface area contributed by atoms with Gasteiger partial charge in [0.25, 0.3) is 0 Å². The van der Waals surface area contributed by atoms with Gasteiger partial charge in [0.15, 0.2) is 5.75 Å². The van der Waals surface area contributed by atoms with Crippen LogP contribution in [-0.4, -0.2) is 16.9 Å². The SMILES string of the molecule is CCC(CC)C(NN)c1c(OC)cnn1CC. The van der Waals surface area contributed by atoms with Gasteiger partial charge in [-0.05, 0) is 12.8 Å². The predicted molar refractivity (Wildman–Crippen MR) is 68.6 cm³/mol. The smallest absolute Gasteiger partial charge is 0.161 e. The molecule has 1 aromatic heterocycles. The molecule has 0 aromatic carbocycles. The van der Waals surface area contributed by atoms with E-state index in [-0.39, 0.29) is 6.04 Å². The number of hydrogen-bond acceptors (Lipinski definition) is 4. The fourth-order valence-corrected chi connectivity index (χ4v) is 2.30. The molecule has 0 radical (unpaired) electrons. The molecule has 0 aliphatic heterocycles. The minimum Gasteiger partial charge on any atom is -0.493 e. The third-order valence-corrected chi connectivity index (χ3v) is 3.36. The highest BCUT2D eigenvalue weighted by Crippen LogP contribution is 2.32. The van der Waals surface area contributed by atoms with Crippen molar-refractivity contribution < 1.29 is 4.74 Å². The average molecular weight is 240 g/mol. The summed E-state index contributed by atoms with van der Waals surface area (Å²) in [5, 5.41) is 4.32. The molecular formula is C12H24N4O. The number of aryl methyl sites for hydroxylation is 1. The summed E-state index contributed by atoms with van der Waals surface area (Å²) in [6, 6.07) is 0.0856. The van der Waals surface area contributed by atoms with Crippen molar-refractivity contribution in [3.05, 3.63) is 11.9 Å². The van der Waals surface area contributed by atoms with Gasteiger partial charge in [0, 0.05) is 6.54 Å². The third kappa shape index (κ3) is 2.79. The van der Waals surface area contributed by atoms with Crippen molar-refractivity contribution in [3.63, 3.8) is 0 Å². The van der Waals surface area contributed by atoms with E-state index >= 15 is 0 Å². The summed E-state index contributed by atoms with van der Waals surface area (Å²) >= 11 is 0. The van der Waals surface area contributed by atoms with E-state index in [2.05, 4.69) is 31.3 Å². The molecule has 1 atom stereocenters. The zero-order valence-corrected chi connectivity index (χ0v) is 11.2. The highest BCUT2D eigenvalue weighted by Gasteiger charge is 2.26. The van der Waals surface area contributed by atoms with Crippen molar-refractivity contribution in [2.75, 3.05) is 7.11 Å². The first kappa shape index (κ1) is 14.0. The molecule has 1 unspecified atom stereocenters. The number of aromatic nitrogens is 2. The van der Waals surface area contributed by atoms with E-state index < -0.39 is 0 Å². The molecule has 98 valence electrons. The molecule has 17 heavy (non-hydrogen) atoms. The van der Waals surface area contributed by atoms with Crippen LogP contribution >= 0.6 is 0 Å². The van der Waals surface area contributed by atoms with Gasteiger partial charge in [-0.2, -0.15) is 5.10 Å². The molecule has 3 N–H and O–H groups in total. The largest absolute Gasteiger partial charge is 0.493 e. The highest BCUT2D eigenvalue weighted by molar-refractivity contribution is 5.28. The van der Waals surface area contributed by atoms with Gasteiger partial charge in [-0.3, -0.25) is 16.0 Å². The first-order chi connectivity index (χ1) is 8.23. The maximum Gasteiger partial charge on any atom is 0.161 e. The number of hydrazine groups is 1. The standard InChI is InChI=1S/C12H24N4O/c1-5-9(6-2)11(15-13)12-10(17-4)8-14-16(12)7-3/h8-9,11,15H,5-7,13H2,1-4H3. The Morgan fingerprint density at radius 3 is 2.47 bits per heavy atom. The first-order valence-electron chi connectivity index (χ1n) is 6.29. The number of hydrogen-bond donors (Lipinski definition) is 2. The number of nitrogens with zero attached hydrogens (tertiary/aromatic N) is 2. The number of nitrogens with two attached hydrogens (primary N) is 1. The van der Waals surface area contributed by atoms with Gasteiger partial charge in [-0.25, -0.2) is 0 Å². The van der Waals surface area contributed by atoms with Crippen LogP contribution in [-0.2, 0) is 6.54 Å². The molecule has 5 heteroatoms. The van der Waals surface area contributed by atoms with Crippen molar-refractivity contribution in [1.29, 1.82) is 0 Å². The Hall–Kier alpha value is -1.07. The van der Waals surface area contributed by atoms with Crippen LogP contribution in [0.15, 0.2) is 6.20 Å². The Morgan fingerprint density at radius 2 is 2.06 bits per heavy atom. The van der Waals surface area contributed by atoms with Gasteiger partial charge in [0.2, 0.25) is 0 Å². The molecular weight excluding hydrogens is 216 g/mol. The molecule has 1 rings (SSSR count). The molecule has 0 fully saturated rings. The van der Waals surface area contributed by atoms with Crippen LogP contribution in [0.5, 0.6) is 5.75 Å². The second-order valence-corrected chi connectivity index (χ2v) is 4.13. The van der Waals surface area contributed by atoms with E-state index in [9.17, 15) is 0 Å². The second kappa shape index (κ2) is 6.61. The number of nitrogens with one attached hydrogen (secondary N) is 1. The summed E-state index contributed by atoms with van der Waals surface area (Å²) in [5.41, 5.74) is 3.96. The summed E-state index contributed by atoms with van der Waals surface area (Å²) in [6.45, 7) is 7.24. The maximum absolute atomic E-state index is 5.72. The summed E-state index contributed by atoms with van der Waals surface area (Å²) < 4.78 is 7.32. The van der Waals surface area contributed by atoms with E-state index in [0.717, 1.165) is 30.8 Å². The van der Waals surface area contributed by atoms with Crippen molar-refractivity contribution >= 4 is 0 Å². The van der Waals surface area contributed by atoms with Crippen molar-refractivity contribution in [2.24, 2.45) is 11.8 Å². The van der Waals surface area contributed by atoms with Gasteiger partial charge >= 0.3 is 0 Å². The van der Waals surface area contributed by atoms with E-state index in [1.54, 1.807) is 13.3 Å². The van der Waals surface area contributed by atoms with E-state index in [1.165, 1.54) is 0 Å². The van der Waals surface area contributed by atoms with Crippen LogP contribution in [0.25, 0.3) is 0 Å². The molecule has 1 heterocycles. The Kier molecular flexibility index (Phi) is 5.44. The van der Waals surface area contributed by atoms with E-state index in [4.69, 9.17) is 10.6 Å². The lowest BCUT2D eigenvalue weighted by Crippen LogP contribution is -2.35. The van der Waals surface area contributed by atoms with Crippen LogP contribution in [0.1, 0.15) is 45.3 Å². The van der Waals surface area contributed by atoms with Gasteiger partial charge in [0.1, 0.15) is 0 Å². The summed E-state index contributed by atoms with van der Waals surface area (Å²) in [6.07, 6.45) is 3.90. The molecule has 0 saturated heterocycles. The minimum atomic E-state index is 0.0856. The molecule has 0 aliphatic carbocycles. The number of rotatable bonds is 7. The Morgan fingerprint density at radius 1 is 1.41 bits per heavy atom. The number of methoxy groups -OCH3 is 1. The minimum absolute atomic E-state index is 0.0856. The van der Waals surface area contributed by atoms with Gasteiger partial charge < -0.3 is 4.74 Å². The summed E-state index contributed by atoms with van der Waals surface area (Å²) in [7, 11) is 1.67. The molecule has 0 spiro atoms. The van der Waals surface area contributed by atoms with E-state index in [0.29, 0.717) is 5.92 Å². The van der Waals surface area contributed by atoms with Crippen LogP contribution in [0.4, 0.5) is 0 Å². The number of ether oxygens (including phenoxy) is 1. The fourth-order valence-electron chi connectivity index (χ4n) is 2.30. The van der Waals surface area contributed by atoms with Crippen molar-refractivity contribution in [1.82, 2.24) is 15.2 Å². The summed E-state index contributed by atoms with van der Waals surface area (Å²) in [4.78, 5) is 0. The Bertz CT molecular complexity index is 312. The zero-order valence-electron chi connectivity index (χ0n) is 11.2. The van der Waals surface area contributed by atoms with Gasteiger partial charge in [0.05, 0.1) is 25.0 Å². The quantitative estimate of drug-likeness (QED) is 0.564. The Labute approximate surface area is 103 Å². The first-order valence-corrected chi connectivity index (χ1v) is 6.29. The molecule has 0 aliphatic rings. The van der Waals surface area contributed by atoms with E-state index in [1.807, 2.05) is 4.68 Å². The van der Waals surface area contributed by atoms with Gasteiger partial charge in [-0.1, -0.05) is 26.7 Å². The van der Waals surface area contributed by atoms with Crippen LogP contribution in [0.3, 0.4) is 0 Å². The normalized spacial score (nSPS) is 13.1. The van der Waals surface area contributed by atoms with Crippen LogP contribution < -0.4 is 16.0 Å². The topological polar surface area (TPSA) is 65.1 Å². The predicted octanol–water partition coefficient (Wildman–Crippen LogP) is 1.85. The van der Waals surface area contributed by atoms with Crippen LogP contribution in [0.2, 0.25) is 0 Å². The monoisotopic (exact) mass is 240 g/mol. The van der Waals surface area contributed by atoms with Crippen molar-refractivity contribution in [2.45, 2.75) is 46.2 Å². The van der Waals surface area contributed by atoms with Gasteiger partial charge in [-0.15, -0.1) is 0 Å². The second-order valence-electron chi connectivity index (χ2n) is 4.13. The molecule has 1 aromatic rings. The summed E-state index contributed by atoms with van der Waals surface area (Å²) in [5.74, 6) is 7.01. The lowest BCUT2D eigenvalue weighted by Gasteiger charge is -2.25. The molecule has 5 nitrogen and oxygen atoms in total. The molecule has 0 saturated carbocycles. The zero-order chi connectivity index (χ0) is 12.8. The van der Waals surface area contributed by atoms with Crippen molar-refractivity contribution in [3.8, 4) is 5.75 Å². The molecule has 0 bridgehead atoms. The van der Waals surface area contributed by atoms with Crippen LogP contribution in [0, 0.1) is 5.92 Å². The highest BCUT2D eigenvalue weighted by atomic mass is 16.5. The maximum atomic E-state index is 5.72. The lowest BCUT2D eigenvalue weighted by atomic mass is 9.92. The fraction of sp³-hybridized carbons (Fsp3) is 0.750. The Balaban J connectivity index is 3.12. The lowest BCUT2D eigenvalue weighted by molar-refractivity contribution is 0.312. The third-order valence-electron chi connectivity index (χ3n) is 3.36. The molecule has 0 amide bonds. The average Bonchev–Trinajstić information content (AvgIpc) is 2.78.